The largest absolute Gasteiger partial charge is 0.497 e. The molecular formula is C13H21ClN2O4S. The monoisotopic (exact) mass is 336 g/mol. The smallest absolute Gasteiger partial charge is 0.246 e. The molecule has 1 saturated heterocycles. The first-order valence-electron chi connectivity index (χ1n) is 6.42. The predicted octanol–water partition coefficient (Wildman–Crippen LogP) is 1.11. The van der Waals surface area contributed by atoms with E-state index in [2.05, 4.69) is 5.32 Å². The number of sulfonamides is 1. The molecule has 21 heavy (non-hydrogen) atoms. The second-order valence-corrected chi connectivity index (χ2v) is 6.56. The summed E-state index contributed by atoms with van der Waals surface area (Å²) in [4.78, 5) is 0.149. The number of nitrogens with one attached hydrogen (secondary N) is 1. The molecular weight excluding hydrogens is 316 g/mol. The number of likely N-dealkylation sites (N-methyl/N-ethyl adjacent to an activating group) is 1. The fourth-order valence-electron chi connectivity index (χ4n) is 2.31. The molecule has 1 aliphatic heterocycles. The molecule has 2 rings (SSSR count). The number of hydrogen-bond acceptors (Lipinski definition) is 5. The van der Waals surface area contributed by atoms with E-state index in [9.17, 15) is 8.42 Å². The second kappa shape index (κ2) is 7.31. The van der Waals surface area contributed by atoms with Crippen LogP contribution in [0.25, 0.3) is 0 Å². The molecule has 1 aliphatic rings. The third kappa shape index (κ3) is 3.60. The van der Waals surface area contributed by atoms with Crippen LogP contribution in [0.3, 0.4) is 0 Å². The third-order valence-electron chi connectivity index (χ3n) is 3.55. The summed E-state index contributed by atoms with van der Waals surface area (Å²) in [6.45, 7) is 0.980. The van der Waals surface area contributed by atoms with Crippen molar-refractivity contribution in [2.24, 2.45) is 0 Å². The number of methoxy groups -OCH3 is 2. The minimum Gasteiger partial charge on any atom is -0.497 e. The maximum Gasteiger partial charge on any atom is 0.246 e. The van der Waals surface area contributed by atoms with Gasteiger partial charge in [0.25, 0.3) is 0 Å². The predicted molar refractivity (Wildman–Crippen MR) is 83.0 cm³/mol. The fraction of sp³-hybridized carbons (Fsp3) is 0.538. The Labute approximate surface area is 131 Å². The summed E-state index contributed by atoms with van der Waals surface area (Å²) in [5.41, 5.74) is 0. The summed E-state index contributed by atoms with van der Waals surface area (Å²) in [5.74, 6) is 0.826. The van der Waals surface area contributed by atoms with Gasteiger partial charge in [-0.3, -0.25) is 0 Å². The van der Waals surface area contributed by atoms with E-state index in [0.29, 0.717) is 24.6 Å². The molecule has 0 aliphatic carbocycles. The van der Waals surface area contributed by atoms with E-state index in [4.69, 9.17) is 9.47 Å². The van der Waals surface area contributed by atoms with Crippen LogP contribution in [0.1, 0.15) is 6.42 Å². The Bertz CT molecular complexity index is 580. The van der Waals surface area contributed by atoms with Gasteiger partial charge in [0.15, 0.2) is 0 Å². The van der Waals surface area contributed by atoms with Crippen LogP contribution in [0.2, 0.25) is 0 Å². The normalized spacial score (nSPS) is 19.1. The Morgan fingerprint density at radius 1 is 1.29 bits per heavy atom. The van der Waals surface area contributed by atoms with E-state index >= 15 is 0 Å². The van der Waals surface area contributed by atoms with Crippen LogP contribution in [0.5, 0.6) is 11.5 Å². The van der Waals surface area contributed by atoms with Crippen LogP contribution in [0.15, 0.2) is 23.1 Å². The van der Waals surface area contributed by atoms with E-state index in [-0.39, 0.29) is 23.3 Å². The average molecular weight is 337 g/mol. The van der Waals surface area contributed by atoms with E-state index < -0.39 is 10.0 Å². The number of rotatable bonds is 5. The third-order valence-corrected chi connectivity index (χ3v) is 5.43. The van der Waals surface area contributed by atoms with Crippen LogP contribution in [0.4, 0.5) is 0 Å². The average Bonchev–Trinajstić information content (AvgIpc) is 2.96. The van der Waals surface area contributed by atoms with E-state index in [1.165, 1.54) is 24.6 Å². The molecule has 1 unspecified atom stereocenters. The van der Waals surface area contributed by atoms with Crippen molar-refractivity contribution in [3.63, 3.8) is 0 Å². The fourth-order valence-corrected chi connectivity index (χ4v) is 3.98. The number of halogens is 1. The Hall–Kier alpha value is -1.02. The Kier molecular flexibility index (Phi) is 6.27. The first kappa shape index (κ1) is 18.0. The highest BCUT2D eigenvalue weighted by Gasteiger charge is 2.34. The van der Waals surface area contributed by atoms with Gasteiger partial charge >= 0.3 is 0 Å². The first-order chi connectivity index (χ1) is 9.52. The van der Waals surface area contributed by atoms with Gasteiger partial charge in [-0.15, -0.1) is 12.4 Å². The van der Waals surface area contributed by atoms with Gasteiger partial charge in [0.05, 0.1) is 14.2 Å². The van der Waals surface area contributed by atoms with Crippen molar-refractivity contribution in [3.05, 3.63) is 18.2 Å². The molecule has 0 aromatic heterocycles. The van der Waals surface area contributed by atoms with E-state index in [1.807, 2.05) is 7.05 Å². The molecule has 120 valence electrons. The molecule has 0 saturated carbocycles. The molecule has 6 nitrogen and oxygen atoms in total. The molecule has 0 radical (unpaired) electrons. The molecule has 1 aromatic rings. The standard InChI is InChI=1S/C13H20N2O4S.ClH/c1-14-10-6-7-15(9-10)20(16,17)13-8-11(18-2)4-5-12(13)19-3;/h4-5,8,10,14H,6-7,9H2,1-3H3;1H. The van der Waals surface area contributed by atoms with Crippen LogP contribution in [-0.4, -0.2) is 53.1 Å². The highest BCUT2D eigenvalue weighted by atomic mass is 35.5. The van der Waals surface area contributed by atoms with Gasteiger partial charge in [-0.25, -0.2) is 8.42 Å². The Morgan fingerprint density at radius 3 is 2.52 bits per heavy atom. The molecule has 0 amide bonds. The summed E-state index contributed by atoms with van der Waals surface area (Å²) < 4.78 is 37.2. The van der Waals surface area contributed by atoms with Crippen LogP contribution < -0.4 is 14.8 Å². The van der Waals surface area contributed by atoms with Crippen molar-refractivity contribution in [1.82, 2.24) is 9.62 Å². The van der Waals surface area contributed by atoms with Gasteiger partial charge < -0.3 is 14.8 Å². The van der Waals surface area contributed by atoms with Gasteiger partial charge in [-0.2, -0.15) is 4.31 Å². The van der Waals surface area contributed by atoms with Crippen LogP contribution in [-0.2, 0) is 10.0 Å². The number of benzene rings is 1. The first-order valence-corrected chi connectivity index (χ1v) is 7.86. The van der Waals surface area contributed by atoms with Crippen LogP contribution in [0, 0.1) is 0 Å². The quantitative estimate of drug-likeness (QED) is 0.872. The summed E-state index contributed by atoms with van der Waals surface area (Å²) in [7, 11) is 1.24. The highest BCUT2D eigenvalue weighted by molar-refractivity contribution is 7.89. The number of hydrogen-bond donors (Lipinski definition) is 1. The molecule has 1 heterocycles. The van der Waals surface area contributed by atoms with Gasteiger partial charge in [0.1, 0.15) is 16.4 Å². The van der Waals surface area contributed by atoms with Crippen molar-refractivity contribution in [2.75, 3.05) is 34.4 Å². The zero-order chi connectivity index (χ0) is 14.8. The van der Waals surface area contributed by atoms with E-state index in [1.54, 1.807) is 12.1 Å². The maximum atomic E-state index is 12.7. The lowest BCUT2D eigenvalue weighted by atomic mass is 10.3. The molecule has 8 heteroatoms. The van der Waals surface area contributed by atoms with Gasteiger partial charge in [-0.05, 0) is 25.6 Å². The van der Waals surface area contributed by atoms with Crippen molar-refractivity contribution in [1.29, 1.82) is 0 Å². The summed E-state index contributed by atoms with van der Waals surface area (Å²) >= 11 is 0. The summed E-state index contributed by atoms with van der Waals surface area (Å²) in [6.07, 6.45) is 0.808. The Morgan fingerprint density at radius 2 is 2.00 bits per heavy atom. The zero-order valence-electron chi connectivity index (χ0n) is 12.3. The second-order valence-electron chi connectivity index (χ2n) is 4.65. The van der Waals surface area contributed by atoms with Gasteiger partial charge in [0.2, 0.25) is 10.0 Å². The lowest BCUT2D eigenvalue weighted by Gasteiger charge is -2.18. The molecule has 1 atom stereocenters. The molecule has 1 fully saturated rings. The van der Waals surface area contributed by atoms with Gasteiger partial charge in [0, 0.05) is 25.2 Å². The lowest BCUT2D eigenvalue weighted by molar-refractivity contribution is 0.388. The number of ether oxygens (including phenoxy) is 2. The van der Waals surface area contributed by atoms with Gasteiger partial charge in [-0.1, -0.05) is 0 Å². The minimum absolute atomic E-state index is 0. The van der Waals surface area contributed by atoms with Crippen molar-refractivity contribution in [2.45, 2.75) is 17.4 Å². The number of nitrogens with zero attached hydrogens (tertiary/aromatic N) is 1. The van der Waals surface area contributed by atoms with E-state index in [0.717, 1.165) is 6.42 Å². The van der Waals surface area contributed by atoms with Crippen LogP contribution >= 0.6 is 12.4 Å². The molecule has 1 N–H and O–H groups in total. The lowest BCUT2D eigenvalue weighted by Crippen LogP contribution is -2.33. The molecule has 0 spiro atoms. The summed E-state index contributed by atoms with van der Waals surface area (Å²) in [5, 5.41) is 3.11. The minimum atomic E-state index is -3.57. The van der Waals surface area contributed by atoms with Crippen molar-refractivity contribution < 1.29 is 17.9 Å². The summed E-state index contributed by atoms with van der Waals surface area (Å²) in [6, 6.07) is 4.98. The SMILES string of the molecule is CNC1CCN(S(=O)(=O)c2cc(OC)ccc2OC)C1.Cl. The van der Waals surface area contributed by atoms with Crippen molar-refractivity contribution in [3.8, 4) is 11.5 Å². The Balaban J connectivity index is 0.00000220. The van der Waals surface area contributed by atoms with Crippen molar-refractivity contribution >= 4 is 22.4 Å². The molecule has 1 aromatic carbocycles. The maximum absolute atomic E-state index is 12.7. The topological polar surface area (TPSA) is 67.9 Å². The zero-order valence-corrected chi connectivity index (χ0v) is 14.0. The highest BCUT2D eigenvalue weighted by Crippen LogP contribution is 2.31. The molecule has 0 bridgehead atoms.